The lowest BCUT2D eigenvalue weighted by Gasteiger charge is -2.45. The number of phenols is 1. The molecule has 5 heteroatoms. The summed E-state index contributed by atoms with van der Waals surface area (Å²) in [6.07, 6.45) is 8.14. The van der Waals surface area contributed by atoms with Crippen LogP contribution in [0.5, 0.6) is 23.0 Å². The minimum atomic E-state index is 0.182. The minimum Gasteiger partial charge on any atom is -0.504 e. The van der Waals surface area contributed by atoms with E-state index in [1.807, 2.05) is 6.07 Å². The summed E-state index contributed by atoms with van der Waals surface area (Å²) in [7, 11) is 1.62. The van der Waals surface area contributed by atoms with Gasteiger partial charge in [-0.1, -0.05) is 18.9 Å². The lowest BCUT2D eigenvalue weighted by molar-refractivity contribution is 0.174. The Morgan fingerprint density at radius 2 is 1.90 bits per heavy atom. The number of nitrogens with zero attached hydrogens (tertiary/aromatic N) is 1. The van der Waals surface area contributed by atoms with Crippen molar-refractivity contribution in [1.82, 2.24) is 4.90 Å². The zero-order valence-corrected chi connectivity index (χ0v) is 16.6. The van der Waals surface area contributed by atoms with Crippen molar-refractivity contribution in [3.8, 4) is 23.0 Å². The van der Waals surface area contributed by atoms with Crippen LogP contribution in [0.15, 0.2) is 24.3 Å². The molecule has 0 radical (unpaired) electrons. The monoisotopic (exact) mass is 391 g/mol. The number of phenolic OH excluding ortho intramolecular Hbond substituents is 1. The highest BCUT2D eigenvalue weighted by Crippen LogP contribution is 2.53. The maximum Gasteiger partial charge on any atom is 0.231 e. The van der Waals surface area contributed by atoms with Gasteiger partial charge in [0.1, 0.15) is 0 Å². The van der Waals surface area contributed by atoms with Crippen LogP contribution in [0.3, 0.4) is 0 Å². The second-order valence-corrected chi connectivity index (χ2v) is 8.44. The van der Waals surface area contributed by atoms with Gasteiger partial charge in [0.15, 0.2) is 23.0 Å². The molecule has 0 bridgehead atoms. The average molecular weight is 391 g/mol. The maximum atomic E-state index is 11.1. The molecule has 0 aromatic heterocycles. The SMILES string of the molecule is COc1ccc2c(c1O)C(C1CCCC1)N1CCc3cc4c(cc3C1=C2)OCO4. The first-order chi connectivity index (χ1) is 14.2. The minimum absolute atomic E-state index is 0.182. The Labute approximate surface area is 170 Å². The molecule has 3 heterocycles. The summed E-state index contributed by atoms with van der Waals surface area (Å²) in [6, 6.07) is 8.41. The topological polar surface area (TPSA) is 51.2 Å². The lowest BCUT2D eigenvalue weighted by Crippen LogP contribution is -2.38. The van der Waals surface area contributed by atoms with Gasteiger partial charge in [-0.05, 0) is 60.6 Å². The summed E-state index contributed by atoms with van der Waals surface area (Å²) in [4.78, 5) is 2.52. The second kappa shape index (κ2) is 6.34. The van der Waals surface area contributed by atoms with Crippen molar-refractivity contribution < 1.29 is 19.3 Å². The molecule has 1 saturated carbocycles. The molecule has 6 rings (SSSR count). The first-order valence-corrected chi connectivity index (χ1v) is 10.6. The Balaban J connectivity index is 1.55. The van der Waals surface area contributed by atoms with E-state index in [0.717, 1.165) is 35.6 Å². The molecule has 2 aromatic carbocycles. The van der Waals surface area contributed by atoms with Gasteiger partial charge >= 0.3 is 0 Å². The number of methoxy groups -OCH3 is 1. The molecule has 1 fully saturated rings. The van der Waals surface area contributed by atoms with Crippen molar-refractivity contribution in [2.24, 2.45) is 5.92 Å². The number of hydrogen-bond donors (Lipinski definition) is 1. The average Bonchev–Trinajstić information content (AvgIpc) is 3.42. The third-order valence-electron chi connectivity index (χ3n) is 7.01. The Hall–Kier alpha value is -2.82. The summed E-state index contributed by atoms with van der Waals surface area (Å²) >= 11 is 0. The summed E-state index contributed by atoms with van der Waals surface area (Å²) in [5.74, 6) is 3.08. The van der Waals surface area contributed by atoms with Crippen LogP contribution in [0.1, 0.15) is 54.0 Å². The lowest BCUT2D eigenvalue weighted by atomic mass is 9.80. The number of hydrogen-bond acceptors (Lipinski definition) is 5. The predicted octanol–water partition coefficient (Wildman–Crippen LogP) is 4.73. The van der Waals surface area contributed by atoms with Gasteiger partial charge in [0, 0.05) is 23.4 Å². The predicted molar refractivity (Wildman–Crippen MR) is 110 cm³/mol. The summed E-state index contributed by atoms with van der Waals surface area (Å²) in [5.41, 5.74) is 5.90. The molecule has 1 atom stereocenters. The van der Waals surface area contributed by atoms with E-state index in [4.69, 9.17) is 14.2 Å². The molecule has 2 aromatic rings. The van der Waals surface area contributed by atoms with Crippen molar-refractivity contribution in [2.75, 3.05) is 20.4 Å². The summed E-state index contributed by atoms with van der Waals surface area (Å²) in [6.45, 7) is 1.23. The molecule has 1 aliphatic carbocycles. The van der Waals surface area contributed by atoms with Crippen LogP contribution < -0.4 is 14.2 Å². The van der Waals surface area contributed by atoms with Crippen LogP contribution in [0.4, 0.5) is 0 Å². The van der Waals surface area contributed by atoms with Crippen molar-refractivity contribution in [3.63, 3.8) is 0 Å². The van der Waals surface area contributed by atoms with E-state index in [1.54, 1.807) is 7.11 Å². The fourth-order valence-corrected chi connectivity index (χ4v) is 5.67. The molecule has 29 heavy (non-hydrogen) atoms. The Morgan fingerprint density at radius 1 is 1.10 bits per heavy atom. The zero-order chi connectivity index (χ0) is 19.5. The zero-order valence-electron chi connectivity index (χ0n) is 16.6. The van der Waals surface area contributed by atoms with Gasteiger partial charge in [-0.15, -0.1) is 0 Å². The summed E-state index contributed by atoms with van der Waals surface area (Å²) < 4.78 is 16.7. The quantitative estimate of drug-likeness (QED) is 0.802. The fraction of sp³-hybridized carbons (Fsp3) is 0.417. The summed E-state index contributed by atoms with van der Waals surface area (Å²) in [5, 5.41) is 11.1. The van der Waals surface area contributed by atoms with Gasteiger partial charge in [0.05, 0.1) is 13.2 Å². The fourth-order valence-electron chi connectivity index (χ4n) is 5.67. The van der Waals surface area contributed by atoms with E-state index in [-0.39, 0.29) is 6.04 Å². The van der Waals surface area contributed by atoms with E-state index in [2.05, 4.69) is 29.2 Å². The van der Waals surface area contributed by atoms with E-state index < -0.39 is 0 Å². The van der Waals surface area contributed by atoms with Crippen LogP contribution in [-0.2, 0) is 6.42 Å². The maximum absolute atomic E-state index is 11.1. The highest BCUT2D eigenvalue weighted by molar-refractivity contribution is 5.88. The molecular formula is C24H25NO4. The first kappa shape index (κ1) is 17.1. The molecule has 4 aliphatic rings. The Kier molecular flexibility index (Phi) is 3.73. The first-order valence-electron chi connectivity index (χ1n) is 10.6. The number of fused-ring (bicyclic) bond motifs is 5. The molecule has 0 amide bonds. The van der Waals surface area contributed by atoms with Crippen LogP contribution in [-0.4, -0.2) is 30.5 Å². The normalized spacial score (nSPS) is 22.0. The van der Waals surface area contributed by atoms with E-state index in [0.29, 0.717) is 24.2 Å². The van der Waals surface area contributed by atoms with E-state index in [1.165, 1.54) is 42.5 Å². The number of benzene rings is 2. The molecule has 3 aliphatic heterocycles. The molecule has 1 N–H and O–H groups in total. The van der Waals surface area contributed by atoms with Gasteiger partial charge in [-0.2, -0.15) is 0 Å². The van der Waals surface area contributed by atoms with Gasteiger partial charge < -0.3 is 24.2 Å². The number of aromatic hydroxyl groups is 1. The second-order valence-electron chi connectivity index (χ2n) is 8.44. The van der Waals surface area contributed by atoms with Crippen LogP contribution in [0, 0.1) is 5.92 Å². The van der Waals surface area contributed by atoms with E-state index >= 15 is 0 Å². The third kappa shape index (κ3) is 2.46. The highest BCUT2D eigenvalue weighted by atomic mass is 16.7. The van der Waals surface area contributed by atoms with Gasteiger partial charge in [-0.25, -0.2) is 0 Å². The highest BCUT2D eigenvalue weighted by Gasteiger charge is 2.40. The molecular weight excluding hydrogens is 366 g/mol. The van der Waals surface area contributed by atoms with Crippen LogP contribution >= 0.6 is 0 Å². The standard InChI is InChI=1S/C24H25NO4/c1-27-19-7-6-16-10-18-17-12-21-20(28-13-29-21)11-15(17)8-9-25(18)23(22(16)24(19)26)14-4-2-3-5-14/h6-7,10-12,14,23,26H,2-5,8-9,13H2,1H3. The van der Waals surface area contributed by atoms with Crippen molar-refractivity contribution in [1.29, 1.82) is 0 Å². The molecule has 5 nitrogen and oxygen atoms in total. The van der Waals surface area contributed by atoms with Gasteiger partial charge in [0.25, 0.3) is 0 Å². The van der Waals surface area contributed by atoms with E-state index in [9.17, 15) is 5.11 Å². The Bertz CT molecular complexity index is 1020. The molecule has 150 valence electrons. The number of ether oxygens (including phenoxy) is 3. The Morgan fingerprint density at radius 3 is 2.69 bits per heavy atom. The van der Waals surface area contributed by atoms with Crippen molar-refractivity contribution in [3.05, 3.63) is 46.5 Å². The number of rotatable bonds is 2. The molecule has 0 saturated heterocycles. The van der Waals surface area contributed by atoms with Gasteiger partial charge in [0.2, 0.25) is 6.79 Å². The van der Waals surface area contributed by atoms with Crippen molar-refractivity contribution >= 4 is 11.8 Å². The smallest absolute Gasteiger partial charge is 0.231 e. The molecule has 0 spiro atoms. The third-order valence-corrected chi connectivity index (χ3v) is 7.01. The van der Waals surface area contributed by atoms with Gasteiger partial charge in [-0.3, -0.25) is 0 Å². The van der Waals surface area contributed by atoms with Crippen LogP contribution in [0.25, 0.3) is 11.8 Å². The van der Waals surface area contributed by atoms with Crippen molar-refractivity contribution in [2.45, 2.75) is 38.1 Å². The van der Waals surface area contributed by atoms with Crippen LogP contribution in [0.2, 0.25) is 0 Å². The largest absolute Gasteiger partial charge is 0.504 e. The molecule has 1 unspecified atom stereocenters.